The van der Waals surface area contributed by atoms with Gasteiger partial charge in [0.15, 0.2) is 6.61 Å². The molecule has 1 heterocycles. The third kappa shape index (κ3) is 3.67. The minimum absolute atomic E-state index is 0.189. The summed E-state index contributed by atoms with van der Waals surface area (Å²) < 4.78 is 15.7. The van der Waals surface area contributed by atoms with Gasteiger partial charge in [-0.25, -0.2) is 4.79 Å². The number of fused-ring (bicyclic) bond motifs is 1. The molecule has 3 aromatic rings. The van der Waals surface area contributed by atoms with E-state index in [0.717, 1.165) is 0 Å². The quantitative estimate of drug-likeness (QED) is 0.643. The Kier molecular flexibility index (Phi) is 5.05. The van der Waals surface area contributed by atoms with E-state index in [0.29, 0.717) is 39.5 Å². The van der Waals surface area contributed by atoms with E-state index >= 15 is 0 Å². The van der Waals surface area contributed by atoms with Gasteiger partial charge in [0.05, 0.1) is 17.6 Å². The van der Waals surface area contributed by atoms with Gasteiger partial charge < -0.3 is 13.9 Å². The molecule has 0 aliphatic rings. The predicted molar refractivity (Wildman–Crippen MR) is 95.1 cm³/mol. The monoisotopic (exact) mass is 358 g/mol. The van der Waals surface area contributed by atoms with Crippen LogP contribution in [0.1, 0.15) is 6.92 Å². The highest BCUT2D eigenvalue weighted by Gasteiger charge is 2.12. The highest BCUT2D eigenvalue weighted by atomic mass is 35.5. The number of rotatable bonds is 5. The molecule has 2 aromatic carbocycles. The lowest BCUT2D eigenvalue weighted by atomic mass is 10.1. The number of carbonyl (C=O) groups is 1. The average Bonchev–Trinajstić information content (AvgIpc) is 2.61. The Morgan fingerprint density at radius 2 is 1.96 bits per heavy atom. The van der Waals surface area contributed by atoms with Crippen molar-refractivity contribution in [1.82, 2.24) is 0 Å². The van der Waals surface area contributed by atoms with Gasteiger partial charge in [0, 0.05) is 16.7 Å². The first kappa shape index (κ1) is 17.0. The van der Waals surface area contributed by atoms with E-state index in [1.807, 2.05) is 0 Å². The lowest BCUT2D eigenvalue weighted by molar-refractivity contribution is -0.145. The molecule has 0 amide bonds. The van der Waals surface area contributed by atoms with E-state index in [1.165, 1.54) is 6.26 Å². The van der Waals surface area contributed by atoms with Crippen molar-refractivity contribution in [2.45, 2.75) is 6.92 Å². The lowest BCUT2D eigenvalue weighted by Crippen LogP contribution is -2.14. The van der Waals surface area contributed by atoms with Crippen molar-refractivity contribution < 1.29 is 18.7 Å². The van der Waals surface area contributed by atoms with Gasteiger partial charge >= 0.3 is 5.97 Å². The first-order valence-electron chi connectivity index (χ1n) is 7.69. The first-order valence-corrected chi connectivity index (χ1v) is 8.07. The van der Waals surface area contributed by atoms with Gasteiger partial charge in [-0.3, -0.25) is 4.79 Å². The summed E-state index contributed by atoms with van der Waals surface area (Å²) in [7, 11) is 0. The highest BCUT2D eigenvalue weighted by Crippen LogP contribution is 2.27. The van der Waals surface area contributed by atoms with Crippen LogP contribution < -0.4 is 10.2 Å². The molecule has 25 heavy (non-hydrogen) atoms. The summed E-state index contributed by atoms with van der Waals surface area (Å²) in [5.41, 5.74) is 1.18. The summed E-state index contributed by atoms with van der Waals surface area (Å²) >= 11 is 6.16. The van der Waals surface area contributed by atoms with Crippen LogP contribution in [-0.4, -0.2) is 19.2 Å². The Morgan fingerprint density at radius 3 is 2.72 bits per heavy atom. The summed E-state index contributed by atoms with van der Waals surface area (Å²) in [6.45, 7) is 1.81. The summed E-state index contributed by atoms with van der Waals surface area (Å²) in [6.07, 6.45) is 1.38. The molecule has 0 bridgehead atoms. The molecule has 5 nitrogen and oxygen atoms in total. The predicted octanol–water partition coefficient (Wildman–Crippen LogP) is 4.06. The number of halogens is 1. The molecule has 0 atom stereocenters. The van der Waals surface area contributed by atoms with Crippen LogP contribution >= 0.6 is 11.6 Å². The van der Waals surface area contributed by atoms with Crippen molar-refractivity contribution in [2.75, 3.05) is 13.2 Å². The normalized spacial score (nSPS) is 10.6. The molecule has 0 spiro atoms. The zero-order chi connectivity index (χ0) is 17.8. The van der Waals surface area contributed by atoms with Gasteiger partial charge in [-0.2, -0.15) is 0 Å². The maximum atomic E-state index is 12.7. The Bertz CT molecular complexity index is 977. The molecule has 0 aliphatic carbocycles. The SMILES string of the molecule is CCOC(=O)COc1ccc2c(=O)c(-c3ccccc3Cl)coc2c1. The minimum atomic E-state index is -0.460. The number of esters is 1. The van der Waals surface area contributed by atoms with Crippen LogP contribution in [0.25, 0.3) is 22.1 Å². The van der Waals surface area contributed by atoms with Gasteiger partial charge in [0.2, 0.25) is 5.43 Å². The Hall–Kier alpha value is -2.79. The second-order valence-corrected chi connectivity index (χ2v) is 5.62. The van der Waals surface area contributed by atoms with Crippen molar-refractivity contribution in [3.05, 3.63) is 64.0 Å². The standard InChI is InChI=1S/C19H15ClO5/c1-2-23-18(21)11-24-12-7-8-14-17(9-12)25-10-15(19(14)22)13-5-3-4-6-16(13)20/h3-10H,2,11H2,1H3. The number of hydrogen-bond acceptors (Lipinski definition) is 5. The van der Waals surface area contributed by atoms with Crippen LogP contribution in [0.3, 0.4) is 0 Å². The summed E-state index contributed by atoms with van der Waals surface area (Å²) in [4.78, 5) is 24.0. The highest BCUT2D eigenvalue weighted by molar-refractivity contribution is 6.33. The maximum Gasteiger partial charge on any atom is 0.344 e. The van der Waals surface area contributed by atoms with Crippen molar-refractivity contribution in [3.63, 3.8) is 0 Å². The minimum Gasteiger partial charge on any atom is -0.482 e. The van der Waals surface area contributed by atoms with Gasteiger partial charge in [-0.05, 0) is 25.1 Å². The molecule has 0 unspecified atom stereocenters. The number of ether oxygens (including phenoxy) is 2. The molecular weight excluding hydrogens is 344 g/mol. The third-order valence-electron chi connectivity index (χ3n) is 3.57. The molecule has 128 valence electrons. The molecular formula is C19H15ClO5. The van der Waals surface area contributed by atoms with Crippen LogP contribution in [0.2, 0.25) is 5.02 Å². The zero-order valence-corrected chi connectivity index (χ0v) is 14.2. The third-order valence-corrected chi connectivity index (χ3v) is 3.90. The fourth-order valence-electron chi connectivity index (χ4n) is 2.41. The van der Waals surface area contributed by atoms with Crippen molar-refractivity contribution in [2.24, 2.45) is 0 Å². The van der Waals surface area contributed by atoms with Crippen LogP contribution in [0.15, 0.2) is 57.9 Å². The average molecular weight is 359 g/mol. The molecule has 1 aromatic heterocycles. The van der Waals surface area contributed by atoms with Gasteiger partial charge in [0.1, 0.15) is 17.6 Å². The first-order chi connectivity index (χ1) is 12.1. The van der Waals surface area contributed by atoms with Crippen LogP contribution in [0, 0.1) is 0 Å². The van der Waals surface area contributed by atoms with Gasteiger partial charge in [0.25, 0.3) is 0 Å². The van der Waals surface area contributed by atoms with Crippen LogP contribution in [0.4, 0.5) is 0 Å². The Morgan fingerprint density at radius 1 is 1.16 bits per heavy atom. The summed E-state index contributed by atoms with van der Waals surface area (Å²) in [5.74, 6) is -0.0488. The van der Waals surface area contributed by atoms with E-state index in [9.17, 15) is 9.59 Å². The summed E-state index contributed by atoms with van der Waals surface area (Å²) in [5, 5.41) is 0.879. The molecule has 0 saturated heterocycles. The van der Waals surface area contributed by atoms with Crippen molar-refractivity contribution in [1.29, 1.82) is 0 Å². The second kappa shape index (κ2) is 7.40. The van der Waals surface area contributed by atoms with Gasteiger partial charge in [-0.15, -0.1) is 0 Å². The second-order valence-electron chi connectivity index (χ2n) is 5.21. The molecule has 3 rings (SSSR count). The molecule has 6 heteroatoms. The molecule has 0 radical (unpaired) electrons. The topological polar surface area (TPSA) is 65.7 Å². The number of hydrogen-bond donors (Lipinski definition) is 0. The van der Waals surface area contributed by atoms with E-state index in [4.69, 9.17) is 25.5 Å². The lowest BCUT2D eigenvalue weighted by Gasteiger charge is -2.08. The largest absolute Gasteiger partial charge is 0.482 e. The van der Waals surface area contributed by atoms with E-state index in [-0.39, 0.29) is 12.0 Å². The number of benzene rings is 2. The van der Waals surface area contributed by atoms with E-state index in [2.05, 4.69) is 0 Å². The molecule has 0 aliphatic heterocycles. The van der Waals surface area contributed by atoms with E-state index in [1.54, 1.807) is 49.4 Å². The summed E-state index contributed by atoms with van der Waals surface area (Å²) in [6, 6.07) is 11.8. The van der Waals surface area contributed by atoms with Crippen LogP contribution in [-0.2, 0) is 9.53 Å². The Balaban J connectivity index is 1.93. The van der Waals surface area contributed by atoms with Crippen LogP contribution in [0.5, 0.6) is 5.75 Å². The number of carbonyl (C=O) groups excluding carboxylic acids is 1. The Labute approximate surface area is 148 Å². The zero-order valence-electron chi connectivity index (χ0n) is 13.5. The van der Waals surface area contributed by atoms with Crippen molar-refractivity contribution >= 4 is 28.5 Å². The van der Waals surface area contributed by atoms with Gasteiger partial charge in [-0.1, -0.05) is 29.8 Å². The maximum absolute atomic E-state index is 12.7. The van der Waals surface area contributed by atoms with Crippen molar-refractivity contribution in [3.8, 4) is 16.9 Å². The van der Waals surface area contributed by atoms with E-state index < -0.39 is 5.97 Å². The molecule has 0 N–H and O–H groups in total. The molecule has 0 fully saturated rings. The fourth-order valence-corrected chi connectivity index (χ4v) is 2.65. The molecule has 0 saturated carbocycles. The fraction of sp³-hybridized carbons (Fsp3) is 0.158. The smallest absolute Gasteiger partial charge is 0.344 e.